The zero-order chi connectivity index (χ0) is 22.8. The fourth-order valence-corrected chi connectivity index (χ4v) is 3.50. The van der Waals surface area contributed by atoms with E-state index in [0.717, 1.165) is 11.5 Å². The first-order valence-electron chi connectivity index (χ1n) is 9.85. The molecule has 0 unspecified atom stereocenters. The van der Waals surface area contributed by atoms with Crippen molar-refractivity contribution in [3.63, 3.8) is 0 Å². The zero-order valence-electron chi connectivity index (χ0n) is 17.6. The molecule has 4 aromatic rings. The van der Waals surface area contributed by atoms with E-state index in [4.69, 9.17) is 16.3 Å². The van der Waals surface area contributed by atoms with E-state index in [0.29, 0.717) is 33.6 Å². The average molecular weight is 451 g/mol. The van der Waals surface area contributed by atoms with Gasteiger partial charge in [-0.3, -0.25) is 4.98 Å². The van der Waals surface area contributed by atoms with Gasteiger partial charge >= 0.3 is 0 Å². The van der Waals surface area contributed by atoms with Crippen molar-refractivity contribution in [2.24, 2.45) is 0 Å². The molecule has 0 spiro atoms. The van der Waals surface area contributed by atoms with Gasteiger partial charge in [-0.2, -0.15) is 5.26 Å². The number of benzene rings is 2. The summed E-state index contributed by atoms with van der Waals surface area (Å²) in [6.45, 7) is 3.89. The molecule has 0 aliphatic rings. The topological polar surface area (TPSA) is 89.9 Å². The van der Waals surface area contributed by atoms with Crippen LogP contribution in [-0.2, 0) is 0 Å². The SMILES string of the molecule is CC(C)Oc1cc2ncc(C#N)c(Nc3ccc(F)c(Cl)c3)c2cc1N(C)c1cnc[nH]1. The Hall–Kier alpha value is -3.83. The number of nitrogens with zero attached hydrogens (tertiary/aromatic N) is 4. The molecule has 2 aromatic carbocycles. The highest BCUT2D eigenvalue weighted by Gasteiger charge is 2.18. The number of imidazole rings is 1. The van der Waals surface area contributed by atoms with E-state index in [2.05, 4.69) is 26.3 Å². The number of H-pyrrole nitrogens is 1. The Labute approximate surface area is 189 Å². The second-order valence-corrected chi connectivity index (χ2v) is 7.82. The summed E-state index contributed by atoms with van der Waals surface area (Å²) in [6, 6.07) is 10.2. The van der Waals surface area contributed by atoms with Gasteiger partial charge in [-0.1, -0.05) is 11.6 Å². The van der Waals surface area contributed by atoms with E-state index in [9.17, 15) is 9.65 Å². The minimum Gasteiger partial charge on any atom is -0.489 e. The Morgan fingerprint density at radius 3 is 2.72 bits per heavy atom. The molecule has 9 heteroatoms. The first-order valence-corrected chi connectivity index (χ1v) is 10.2. The second-order valence-electron chi connectivity index (χ2n) is 7.41. The van der Waals surface area contributed by atoms with E-state index in [1.807, 2.05) is 37.9 Å². The summed E-state index contributed by atoms with van der Waals surface area (Å²) in [5.41, 5.74) is 2.82. The fourth-order valence-electron chi connectivity index (χ4n) is 3.32. The van der Waals surface area contributed by atoms with Crippen LogP contribution < -0.4 is 15.0 Å². The number of aromatic nitrogens is 3. The van der Waals surface area contributed by atoms with Crippen LogP contribution in [0.3, 0.4) is 0 Å². The van der Waals surface area contributed by atoms with Crippen molar-refractivity contribution in [2.75, 3.05) is 17.3 Å². The molecule has 7 nitrogen and oxygen atoms in total. The number of anilines is 4. The summed E-state index contributed by atoms with van der Waals surface area (Å²) in [7, 11) is 1.89. The summed E-state index contributed by atoms with van der Waals surface area (Å²) in [4.78, 5) is 13.5. The van der Waals surface area contributed by atoms with Crippen molar-refractivity contribution in [1.29, 1.82) is 5.26 Å². The highest BCUT2D eigenvalue weighted by atomic mass is 35.5. The molecule has 32 heavy (non-hydrogen) atoms. The minimum absolute atomic E-state index is 0.0147. The van der Waals surface area contributed by atoms with Crippen LogP contribution in [0.25, 0.3) is 10.9 Å². The molecule has 0 saturated carbocycles. The third-order valence-electron chi connectivity index (χ3n) is 4.83. The second kappa shape index (κ2) is 8.73. The zero-order valence-corrected chi connectivity index (χ0v) is 18.4. The lowest BCUT2D eigenvalue weighted by Gasteiger charge is -2.23. The number of nitriles is 1. The van der Waals surface area contributed by atoms with E-state index >= 15 is 0 Å². The van der Waals surface area contributed by atoms with Crippen LogP contribution in [0.1, 0.15) is 19.4 Å². The van der Waals surface area contributed by atoms with Gasteiger partial charge in [0.15, 0.2) is 0 Å². The highest BCUT2D eigenvalue weighted by molar-refractivity contribution is 6.31. The smallest absolute Gasteiger partial charge is 0.145 e. The molecule has 0 aliphatic carbocycles. The lowest BCUT2D eigenvalue weighted by molar-refractivity contribution is 0.243. The molecule has 4 rings (SSSR count). The van der Waals surface area contributed by atoms with Gasteiger partial charge in [0.2, 0.25) is 0 Å². The molecule has 0 amide bonds. The Balaban J connectivity index is 1.91. The number of fused-ring (bicyclic) bond motifs is 1. The predicted molar refractivity (Wildman–Crippen MR) is 124 cm³/mol. The van der Waals surface area contributed by atoms with Crippen molar-refractivity contribution in [3.05, 3.63) is 65.5 Å². The van der Waals surface area contributed by atoms with Crippen molar-refractivity contribution in [1.82, 2.24) is 15.0 Å². The van der Waals surface area contributed by atoms with Gasteiger partial charge in [0, 0.05) is 30.4 Å². The Morgan fingerprint density at radius 1 is 1.25 bits per heavy atom. The lowest BCUT2D eigenvalue weighted by Crippen LogP contribution is -2.14. The van der Waals surface area contributed by atoms with Gasteiger partial charge in [-0.25, -0.2) is 9.37 Å². The molecule has 2 aromatic heterocycles. The largest absolute Gasteiger partial charge is 0.489 e. The number of nitrogens with one attached hydrogen (secondary N) is 2. The van der Waals surface area contributed by atoms with Crippen LogP contribution in [0.2, 0.25) is 5.02 Å². The van der Waals surface area contributed by atoms with Gasteiger partial charge in [0.05, 0.1) is 46.1 Å². The molecule has 0 saturated heterocycles. The van der Waals surface area contributed by atoms with E-state index in [-0.39, 0.29) is 11.1 Å². The molecule has 0 aliphatic heterocycles. The number of ether oxygens (including phenoxy) is 1. The Bertz CT molecular complexity index is 1320. The molecule has 2 heterocycles. The first kappa shape index (κ1) is 21.4. The quantitative estimate of drug-likeness (QED) is 0.379. The third kappa shape index (κ3) is 4.15. The standard InChI is InChI=1S/C23H20ClFN6O/c1-13(2)32-21-8-19-16(7-20(21)31(3)22-11-27-12-29-22)23(14(9-26)10-28-19)30-15-4-5-18(25)17(24)6-15/h4-8,10-13H,1-3H3,(H,27,29)(H,28,30). The van der Waals surface area contributed by atoms with Gasteiger partial charge in [0.1, 0.15) is 23.5 Å². The van der Waals surface area contributed by atoms with Gasteiger partial charge in [-0.05, 0) is 38.1 Å². The number of aromatic amines is 1. The van der Waals surface area contributed by atoms with Gasteiger partial charge in [-0.15, -0.1) is 0 Å². The monoisotopic (exact) mass is 450 g/mol. The molecule has 0 bridgehead atoms. The van der Waals surface area contributed by atoms with E-state index in [1.54, 1.807) is 18.6 Å². The molecule has 0 fully saturated rings. The molecule has 2 N–H and O–H groups in total. The maximum atomic E-state index is 13.6. The fraction of sp³-hybridized carbons (Fsp3) is 0.174. The number of pyridine rings is 1. The van der Waals surface area contributed by atoms with Crippen LogP contribution in [0.5, 0.6) is 5.75 Å². The van der Waals surface area contributed by atoms with Crippen LogP contribution in [0.15, 0.2) is 49.1 Å². The van der Waals surface area contributed by atoms with Crippen LogP contribution in [0.4, 0.5) is 27.3 Å². The summed E-state index contributed by atoms with van der Waals surface area (Å²) in [5, 5.41) is 13.6. The summed E-state index contributed by atoms with van der Waals surface area (Å²) in [5.74, 6) is 0.885. The predicted octanol–water partition coefficient (Wildman–Crippen LogP) is 5.92. The maximum absolute atomic E-state index is 13.6. The summed E-state index contributed by atoms with van der Waals surface area (Å²) < 4.78 is 19.7. The summed E-state index contributed by atoms with van der Waals surface area (Å²) in [6.07, 6.45) is 4.73. The minimum atomic E-state index is -0.517. The molecule has 162 valence electrons. The maximum Gasteiger partial charge on any atom is 0.145 e. The van der Waals surface area contributed by atoms with Crippen LogP contribution >= 0.6 is 11.6 Å². The number of hydrogen-bond donors (Lipinski definition) is 2. The van der Waals surface area contributed by atoms with Crippen molar-refractivity contribution >= 4 is 45.4 Å². The van der Waals surface area contributed by atoms with Gasteiger partial charge < -0.3 is 19.9 Å². The molecular formula is C23H20ClFN6O. The number of halogens is 2. The van der Waals surface area contributed by atoms with Crippen molar-refractivity contribution in [3.8, 4) is 11.8 Å². The van der Waals surface area contributed by atoms with Crippen molar-refractivity contribution < 1.29 is 9.13 Å². The average Bonchev–Trinajstić information content (AvgIpc) is 3.30. The van der Waals surface area contributed by atoms with E-state index < -0.39 is 5.82 Å². The third-order valence-corrected chi connectivity index (χ3v) is 5.12. The molecule has 0 atom stereocenters. The molecule has 0 radical (unpaired) electrons. The van der Waals surface area contributed by atoms with Crippen LogP contribution in [0, 0.1) is 17.1 Å². The van der Waals surface area contributed by atoms with Gasteiger partial charge in [0.25, 0.3) is 0 Å². The summed E-state index contributed by atoms with van der Waals surface area (Å²) >= 11 is 5.94. The Morgan fingerprint density at radius 2 is 2.06 bits per heavy atom. The first-order chi connectivity index (χ1) is 15.4. The van der Waals surface area contributed by atoms with Crippen LogP contribution in [-0.4, -0.2) is 28.1 Å². The highest BCUT2D eigenvalue weighted by Crippen LogP contribution is 2.39. The molecular weight excluding hydrogens is 431 g/mol. The number of rotatable bonds is 6. The lowest BCUT2D eigenvalue weighted by atomic mass is 10.1. The van der Waals surface area contributed by atoms with E-state index in [1.165, 1.54) is 18.3 Å². The Kier molecular flexibility index (Phi) is 5.84. The number of hydrogen-bond acceptors (Lipinski definition) is 6. The normalized spacial score (nSPS) is 10.9. The van der Waals surface area contributed by atoms with Crippen molar-refractivity contribution in [2.45, 2.75) is 20.0 Å².